The van der Waals surface area contributed by atoms with Crippen LogP contribution in [0.4, 0.5) is 5.69 Å². The van der Waals surface area contributed by atoms with E-state index in [9.17, 15) is 0 Å². The largest absolute Gasteiger partial charge is 0.380 e. The number of aromatic nitrogens is 2. The minimum Gasteiger partial charge on any atom is -0.380 e. The minimum atomic E-state index is 0.727. The molecule has 2 heterocycles. The highest BCUT2D eigenvalue weighted by atomic mass is 32.1. The van der Waals surface area contributed by atoms with Crippen molar-refractivity contribution in [3.05, 3.63) is 70.4 Å². The third-order valence-electron chi connectivity index (χ3n) is 3.10. The molecular weight excluding hydrogens is 280 g/mol. The van der Waals surface area contributed by atoms with Crippen molar-refractivity contribution in [3.8, 4) is 6.07 Å². The summed E-state index contributed by atoms with van der Waals surface area (Å²) < 4.78 is 2.04. The molecule has 0 spiro atoms. The molecule has 21 heavy (non-hydrogen) atoms. The number of thiophene rings is 1. The van der Waals surface area contributed by atoms with Gasteiger partial charge in [-0.3, -0.25) is 0 Å². The lowest BCUT2D eigenvalue weighted by Gasteiger charge is -2.08. The summed E-state index contributed by atoms with van der Waals surface area (Å²) in [7, 11) is 0. The quantitative estimate of drug-likeness (QED) is 0.784. The predicted molar refractivity (Wildman–Crippen MR) is 84.1 cm³/mol. The highest BCUT2D eigenvalue weighted by molar-refractivity contribution is 7.10. The van der Waals surface area contributed by atoms with Gasteiger partial charge < -0.3 is 9.88 Å². The van der Waals surface area contributed by atoms with Crippen LogP contribution in [0.2, 0.25) is 0 Å². The Bertz CT molecular complexity index is 753. The summed E-state index contributed by atoms with van der Waals surface area (Å²) in [4.78, 5) is 5.21. The summed E-state index contributed by atoms with van der Waals surface area (Å²) in [5.41, 5.74) is 3.03. The van der Waals surface area contributed by atoms with Gasteiger partial charge in [0, 0.05) is 41.4 Å². The summed E-state index contributed by atoms with van der Waals surface area (Å²) in [6.07, 6.45) is 5.55. The topological polar surface area (TPSA) is 53.6 Å². The number of hydrogen-bond acceptors (Lipinski definition) is 4. The Hall–Kier alpha value is -2.58. The number of hydrogen-bond donors (Lipinski definition) is 1. The van der Waals surface area contributed by atoms with E-state index in [0.717, 1.165) is 29.2 Å². The molecule has 0 bridgehead atoms. The number of nitrogens with zero attached hydrogens (tertiary/aromatic N) is 3. The molecule has 3 aromatic rings. The molecule has 0 fully saturated rings. The lowest BCUT2D eigenvalue weighted by molar-refractivity contribution is 0.797. The zero-order valence-electron chi connectivity index (χ0n) is 11.4. The average Bonchev–Trinajstić information content (AvgIpc) is 3.17. The summed E-state index contributed by atoms with van der Waals surface area (Å²) in [5.74, 6) is 0. The molecule has 0 unspecified atom stereocenters. The zero-order chi connectivity index (χ0) is 14.5. The van der Waals surface area contributed by atoms with Crippen molar-refractivity contribution >= 4 is 17.0 Å². The molecular formula is C16H14N4S. The van der Waals surface area contributed by atoms with Crippen LogP contribution in [-0.2, 0) is 13.1 Å². The van der Waals surface area contributed by atoms with E-state index in [1.54, 1.807) is 17.5 Å². The number of benzene rings is 1. The molecule has 0 saturated heterocycles. The van der Waals surface area contributed by atoms with E-state index in [2.05, 4.69) is 34.6 Å². The molecule has 4 nitrogen and oxygen atoms in total. The van der Waals surface area contributed by atoms with E-state index in [4.69, 9.17) is 5.26 Å². The molecule has 0 aliphatic carbocycles. The summed E-state index contributed by atoms with van der Waals surface area (Å²) in [6, 6.07) is 12.4. The third kappa shape index (κ3) is 3.50. The van der Waals surface area contributed by atoms with Crippen molar-refractivity contribution in [2.24, 2.45) is 0 Å². The molecule has 1 N–H and O–H groups in total. The van der Waals surface area contributed by atoms with Gasteiger partial charge in [0.05, 0.1) is 11.9 Å². The Kier molecular flexibility index (Phi) is 3.99. The minimum absolute atomic E-state index is 0.727. The zero-order valence-corrected chi connectivity index (χ0v) is 12.2. The van der Waals surface area contributed by atoms with Gasteiger partial charge >= 0.3 is 0 Å². The second-order valence-electron chi connectivity index (χ2n) is 4.70. The fraction of sp³-hybridized carbons (Fsp3) is 0.125. The number of rotatable bonds is 5. The molecule has 5 heteroatoms. The first kappa shape index (κ1) is 13.4. The van der Waals surface area contributed by atoms with Crippen LogP contribution in [0, 0.1) is 11.3 Å². The normalized spacial score (nSPS) is 10.2. The van der Waals surface area contributed by atoms with Crippen LogP contribution in [0.5, 0.6) is 0 Å². The molecule has 1 aromatic carbocycles. The second-order valence-corrected chi connectivity index (χ2v) is 5.70. The van der Waals surface area contributed by atoms with Crippen molar-refractivity contribution < 1.29 is 0 Å². The summed E-state index contributed by atoms with van der Waals surface area (Å²) in [5, 5.41) is 14.1. The van der Waals surface area contributed by atoms with Crippen LogP contribution in [-0.4, -0.2) is 9.55 Å². The lowest BCUT2D eigenvalue weighted by Crippen LogP contribution is -2.00. The van der Waals surface area contributed by atoms with Crippen LogP contribution in [0.1, 0.15) is 16.0 Å². The molecule has 3 rings (SSSR count). The van der Waals surface area contributed by atoms with Gasteiger partial charge in [0.25, 0.3) is 0 Å². The standard InChI is InChI=1S/C16H14N4S/c17-8-14-7-16(21-11-14)9-19-15-3-1-2-13(6-15)10-20-5-4-18-12-20/h1-7,11-12,19H,9-10H2. The van der Waals surface area contributed by atoms with Gasteiger partial charge in [-0.1, -0.05) is 12.1 Å². The highest BCUT2D eigenvalue weighted by Crippen LogP contribution is 2.17. The van der Waals surface area contributed by atoms with E-state index in [0.29, 0.717) is 0 Å². The van der Waals surface area contributed by atoms with E-state index in [1.807, 2.05) is 34.6 Å². The first-order valence-electron chi connectivity index (χ1n) is 6.59. The maximum atomic E-state index is 8.82. The van der Waals surface area contributed by atoms with E-state index in [1.165, 1.54) is 5.56 Å². The van der Waals surface area contributed by atoms with Gasteiger partial charge in [-0.25, -0.2) is 4.98 Å². The van der Waals surface area contributed by atoms with E-state index < -0.39 is 0 Å². The molecule has 2 aromatic heterocycles. The monoisotopic (exact) mass is 294 g/mol. The Morgan fingerprint density at radius 3 is 3.05 bits per heavy atom. The van der Waals surface area contributed by atoms with Gasteiger partial charge in [0.1, 0.15) is 6.07 Å². The SMILES string of the molecule is N#Cc1csc(CNc2cccc(Cn3ccnc3)c2)c1. The average molecular weight is 294 g/mol. The predicted octanol–water partition coefficient (Wildman–Crippen LogP) is 3.48. The first-order chi connectivity index (χ1) is 10.3. The molecule has 0 radical (unpaired) electrons. The maximum absolute atomic E-state index is 8.82. The number of anilines is 1. The first-order valence-corrected chi connectivity index (χ1v) is 7.47. The molecule has 0 amide bonds. The number of imidazole rings is 1. The molecule has 0 atom stereocenters. The van der Waals surface area contributed by atoms with E-state index in [-0.39, 0.29) is 0 Å². The van der Waals surface area contributed by atoms with Gasteiger partial charge in [0.2, 0.25) is 0 Å². The van der Waals surface area contributed by atoms with Crippen molar-refractivity contribution in [1.29, 1.82) is 5.26 Å². The van der Waals surface area contributed by atoms with Gasteiger partial charge in [-0.05, 0) is 23.8 Å². The molecule has 0 aliphatic rings. The smallest absolute Gasteiger partial charge is 0.100 e. The second kappa shape index (κ2) is 6.25. The van der Waals surface area contributed by atoms with Crippen molar-refractivity contribution in [3.63, 3.8) is 0 Å². The van der Waals surface area contributed by atoms with Crippen LogP contribution >= 0.6 is 11.3 Å². The van der Waals surface area contributed by atoms with Crippen molar-refractivity contribution in [2.45, 2.75) is 13.1 Å². The summed E-state index contributed by atoms with van der Waals surface area (Å²) in [6.45, 7) is 1.55. The number of nitrogens with one attached hydrogen (secondary N) is 1. The Labute approximate surface area is 127 Å². The Morgan fingerprint density at radius 2 is 2.29 bits per heavy atom. The van der Waals surface area contributed by atoms with Gasteiger partial charge in [-0.2, -0.15) is 5.26 Å². The number of nitriles is 1. The Morgan fingerprint density at radius 1 is 1.33 bits per heavy atom. The fourth-order valence-corrected chi connectivity index (χ4v) is 2.84. The van der Waals surface area contributed by atoms with E-state index >= 15 is 0 Å². The maximum Gasteiger partial charge on any atom is 0.100 e. The molecule has 0 saturated carbocycles. The molecule has 104 valence electrons. The van der Waals surface area contributed by atoms with Crippen LogP contribution in [0.25, 0.3) is 0 Å². The van der Waals surface area contributed by atoms with Crippen molar-refractivity contribution in [1.82, 2.24) is 9.55 Å². The Balaban J connectivity index is 1.64. The van der Waals surface area contributed by atoms with Crippen molar-refractivity contribution in [2.75, 3.05) is 5.32 Å². The summed E-state index contributed by atoms with van der Waals surface area (Å²) >= 11 is 1.60. The fourth-order valence-electron chi connectivity index (χ4n) is 2.09. The lowest BCUT2D eigenvalue weighted by atomic mass is 10.2. The third-order valence-corrected chi connectivity index (χ3v) is 4.04. The van der Waals surface area contributed by atoms with Crippen LogP contribution < -0.4 is 5.32 Å². The van der Waals surface area contributed by atoms with Crippen LogP contribution in [0.15, 0.2) is 54.4 Å². The highest BCUT2D eigenvalue weighted by Gasteiger charge is 2.01. The van der Waals surface area contributed by atoms with Gasteiger partial charge in [0.15, 0.2) is 0 Å². The molecule has 0 aliphatic heterocycles. The van der Waals surface area contributed by atoms with Crippen LogP contribution in [0.3, 0.4) is 0 Å². The van der Waals surface area contributed by atoms with Gasteiger partial charge in [-0.15, -0.1) is 11.3 Å².